The van der Waals surface area contributed by atoms with Gasteiger partial charge in [-0.2, -0.15) is 0 Å². The zero-order valence-corrected chi connectivity index (χ0v) is 13.7. The van der Waals surface area contributed by atoms with Crippen molar-refractivity contribution in [3.05, 3.63) is 29.8 Å². The SMILES string of the molecule is COCC1(C(=O)O)CCCN(C(=O)c2ccc(SC)cc2)C1. The van der Waals surface area contributed by atoms with Gasteiger partial charge < -0.3 is 14.7 Å². The van der Waals surface area contributed by atoms with Crippen LogP contribution in [0.5, 0.6) is 0 Å². The summed E-state index contributed by atoms with van der Waals surface area (Å²) < 4.78 is 5.09. The molecule has 1 saturated heterocycles. The largest absolute Gasteiger partial charge is 0.481 e. The van der Waals surface area contributed by atoms with Crippen LogP contribution in [0, 0.1) is 5.41 Å². The van der Waals surface area contributed by atoms with Gasteiger partial charge in [-0.05, 0) is 43.4 Å². The van der Waals surface area contributed by atoms with Crippen LogP contribution < -0.4 is 0 Å². The molecule has 1 aromatic rings. The topological polar surface area (TPSA) is 66.8 Å². The van der Waals surface area contributed by atoms with Gasteiger partial charge in [0.15, 0.2) is 0 Å². The normalized spacial score (nSPS) is 21.6. The number of amides is 1. The number of carbonyl (C=O) groups excluding carboxylic acids is 1. The average Bonchev–Trinajstić information content (AvgIpc) is 2.54. The lowest BCUT2D eigenvalue weighted by Crippen LogP contribution is -2.52. The van der Waals surface area contributed by atoms with Crippen LogP contribution >= 0.6 is 11.8 Å². The van der Waals surface area contributed by atoms with Crippen LogP contribution in [0.1, 0.15) is 23.2 Å². The van der Waals surface area contributed by atoms with Gasteiger partial charge in [0.05, 0.1) is 6.61 Å². The second kappa shape index (κ2) is 7.15. The molecule has 5 nitrogen and oxygen atoms in total. The predicted octanol–water partition coefficient (Wildman–Crippen LogP) is 2.36. The lowest BCUT2D eigenvalue weighted by Gasteiger charge is -2.39. The van der Waals surface area contributed by atoms with E-state index in [0.29, 0.717) is 24.9 Å². The molecule has 6 heteroatoms. The van der Waals surface area contributed by atoms with Crippen LogP contribution in [0.2, 0.25) is 0 Å². The molecule has 1 heterocycles. The number of carboxylic acid groups (broad SMARTS) is 1. The first-order chi connectivity index (χ1) is 10.5. The molecule has 0 aromatic heterocycles. The van der Waals surface area contributed by atoms with Gasteiger partial charge in [-0.15, -0.1) is 11.8 Å². The number of methoxy groups -OCH3 is 1. The summed E-state index contributed by atoms with van der Waals surface area (Å²) in [5.74, 6) is -1.02. The molecule has 2 rings (SSSR count). The summed E-state index contributed by atoms with van der Waals surface area (Å²) in [7, 11) is 1.49. The summed E-state index contributed by atoms with van der Waals surface area (Å²) in [6.07, 6.45) is 3.18. The molecule has 0 saturated carbocycles. The summed E-state index contributed by atoms with van der Waals surface area (Å²) in [6.45, 7) is 0.901. The highest BCUT2D eigenvalue weighted by molar-refractivity contribution is 7.98. The number of carbonyl (C=O) groups is 2. The highest BCUT2D eigenvalue weighted by atomic mass is 32.2. The Morgan fingerprint density at radius 1 is 1.36 bits per heavy atom. The molecule has 0 radical (unpaired) electrons. The van der Waals surface area contributed by atoms with E-state index in [1.165, 1.54) is 7.11 Å². The average molecular weight is 323 g/mol. The Labute approximate surface area is 134 Å². The Balaban J connectivity index is 2.16. The lowest BCUT2D eigenvalue weighted by atomic mass is 9.80. The van der Waals surface area contributed by atoms with E-state index in [1.807, 2.05) is 18.4 Å². The summed E-state index contributed by atoms with van der Waals surface area (Å²) in [5, 5.41) is 9.54. The summed E-state index contributed by atoms with van der Waals surface area (Å²) in [6, 6.07) is 7.39. The molecule has 22 heavy (non-hydrogen) atoms. The number of hydrogen-bond donors (Lipinski definition) is 1. The molecule has 1 aromatic carbocycles. The van der Waals surface area contributed by atoms with Crippen LogP contribution in [0.25, 0.3) is 0 Å². The van der Waals surface area contributed by atoms with Crippen molar-refractivity contribution in [3.63, 3.8) is 0 Å². The standard InChI is InChI=1S/C16H21NO4S/c1-21-11-16(15(19)20)8-3-9-17(10-16)14(18)12-4-6-13(22-2)7-5-12/h4-7H,3,8-11H2,1-2H3,(H,19,20). The van der Waals surface area contributed by atoms with Gasteiger partial charge in [-0.1, -0.05) is 0 Å². The maximum absolute atomic E-state index is 12.6. The monoisotopic (exact) mass is 323 g/mol. The zero-order valence-electron chi connectivity index (χ0n) is 12.9. The van der Waals surface area contributed by atoms with E-state index >= 15 is 0 Å². The Bertz CT molecular complexity index is 542. The molecule has 0 spiro atoms. The van der Waals surface area contributed by atoms with Gasteiger partial charge in [-0.3, -0.25) is 9.59 Å². The Morgan fingerprint density at radius 2 is 2.05 bits per heavy atom. The highest BCUT2D eigenvalue weighted by Crippen LogP contribution is 2.31. The van der Waals surface area contributed by atoms with Crippen molar-refractivity contribution in [3.8, 4) is 0 Å². The lowest BCUT2D eigenvalue weighted by molar-refractivity contribution is -0.155. The number of hydrogen-bond acceptors (Lipinski definition) is 4. The quantitative estimate of drug-likeness (QED) is 0.843. The molecule has 0 bridgehead atoms. The molecular formula is C16H21NO4S. The third-order valence-corrected chi connectivity index (χ3v) is 4.82. The van der Waals surface area contributed by atoms with Crippen molar-refractivity contribution in [2.75, 3.05) is 33.1 Å². The molecule has 0 aliphatic carbocycles. The van der Waals surface area contributed by atoms with Gasteiger partial charge >= 0.3 is 5.97 Å². The van der Waals surface area contributed by atoms with Gasteiger partial charge in [0.2, 0.25) is 0 Å². The van der Waals surface area contributed by atoms with E-state index in [2.05, 4.69) is 0 Å². The van der Waals surface area contributed by atoms with Crippen molar-refractivity contribution < 1.29 is 19.4 Å². The smallest absolute Gasteiger partial charge is 0.313 e. The second-order valence-corrected chi connectivity index (χ2v) is 6.46. The minimum Gasteiger partial charge on any atom is -0.481 e. The van der Waals surface area contributed by atoms with Crippen molar-refractivity contribution in [1.29, 1.82) is 0 Å². The van der Waals surface area contributed by atoms with Gasteiger partial charge in [0.1, 0.15) is 5.41 Å². The predicted molar refractivity (Wildman–Crippen MR) is 85.3 cm³/mol. The van der Waals surface area contributed by atoms with Crippen LogP contribution in [-0.4, -0.2) is 54.9 Å². The molecule has 1 aliphatic rings. The van der Waals surface area contributed by atoms with E-state index in [0.717, 1.165) is 4.90 Å². The third kappa shape index (κ3) is 3.44. The first kappa shape index (κ1) is 16.8. The number of aliphatic carboxylic acids is 1. The molecule has 1 atom stereocenters. The Hall–Kier alpha value is -1.53. The minimum atomic E-state index is -0.998. The number of piperidine rings is 1. The number of thioether (sulfide) groups is 1. The minimum absolute atomic E-state index is 0.117. The molecular weight excluding hydrogens is 302 g/mol. The number of likely N-dealkylation sites (tertiary alicyclic amines) is 1. The van der Waals surface area contributed by atoms with Crippen LogP contribution in [0.3, 0.4) is 0 Å². The highest BCUT2D eigenvalue weighted by Gasteiger charge is 2.43. The first-order valence-electron chi connectivity index (χ1n) is 7.18. The van der Waals surface area contributed by atoms with E-state index in [4.69, 9.17) is 4.74 Å². The number of ether oxygens (including phenoxy) is 1. The van der Waals surface area contributed by atoms with Gasteiger partial charge in [0.25, 0.3) is 5.91 Å². The van der Waals surface area contributed by atoms with E-state index in [-0.39, 0.29) is 19.1 Å². The fourth-order valence-electron chi connectivity index (χ4n) is 2.85. The molecule has 120 valence electrons. The van der Waals surface area contributed by atoms with Crippen molar-refractivity contribution in [2.45, 2.75) is 17.7 Å². The molecule has 1 N–H and O–H groups in total. The summed E-state index contributed by atoms with van der Waals surface area (Å²) >= 11 is 1.62. The van der Waals surface area contributed by atoms with Crippen molar-refractivity contribution in [1.82, 2.24) is 4.90 Å². The summed E-state index contributed by atoms with van der Waals surface area (Å²) in [5.41, 5.74) is -0.404. The van der Waals surface area contributed by atoms with E-state index in [9.17, 15) is 14.7 Å². The van der Waals surface area contributed by atoms with Gasteiger partial charge in [-0.25, -0.2) is 0 Å². The molecule has 1 unspecified atom stereocenters. The van der Waals surface area contributed by atoms with Gasteiger partial charge in [0, 0.05) is 30.7 Å². The van der Waals surface area contributed by atoms with Crippen molar-refractivity contribution >= 4 is 23.6 Å². The Morgan fingerprint density at radius 3 is 2.59 bits per heavy atom. The van der Waals surface area contributed by atoms with E-state index < -0.39 is 11.4 Å². The fraction of sp³-hybridized carbons (Fsp3) is 0.500. The maximum atomic E-state index is 12.6. The van der Waals surface area contributed by atoms with Crippen LogP contribution in [0.15, 0.2) is 29.2 Å². The maximum Gasteiger partial charge on any atom is 0.313 e. The third-order valence-electron chi connectivity index (χ3n) is 4.08. The van der Waals surface area contributed by atoms with Crippen LogP contribution in [-0.2, 0) is 9.53 Å². The number of nitrogens with zero attached hydrogens (tertiary/aromatic N) is 1. The number of rotatable bonds is 5. The molecule has 1 amide bonds. The number of carboxylic acids is 1. The first-order valence-corrected chi connectivity index (χ1v) is 8.40. The van der Waals surface area contributed by atoms with Crippen LogP contribution in [0.4, 0.5) is 0 Å². The van der Waals surface area contributed by atoms with Crippen molar-refractivity contribution in [2.24, 2.45) is 5.41 Å². The molecule has 1 fully saturated rings. The molecule has 1 aliphatic heterocycles. The fourth-order valence-corrected chi connectivity index (χ4v) is 3.26. The number of benzene rings is 1. The summed E-state index contributed by atoms with van der Waals surface area (Å²) in [4.78, 5) is 27.0. The Kier molecular flexibility index (Phi) is 5.47. The zero-order chi connectivity index (χ0) is 16.2. The van der Waals surface area contributed by atoms with E-state index in [1.54, 1.807) is 28.8 Å². The second-order valence-electron chi connectivity index (χ2n) is 5.58.